The van der Waals surface area contributed by atoms with Gasteiger partial charge < -0.3 is 15.5 Å². The average Bonchev–Trinajstić information content (AvgIpc) is 2.65. The maximum Gasteiger partial charge on any atom is 0.328 e. The highest BCUT2D eigenvalue weighted by Gasteiger charge is 2.14. The number of carbonyl (C=O) groups excluding carboxylic acids is 1. The van der Waals surface area contributed by atoms with Crippen LogP contribution in [0, 0.1) is 0 Å². The number of aliphatic carboxylic acids is 2. The molecule has 1 amide bonds. The van der Waals surface area contributed by atoms with Crippen LogP contribution in [0.15, 0.2) is 59.5 Å². The number of amides is 1. The van der Waals surface area contributed by atoms with Gasteiger partial charge in [0.1, 0.15) is 6.54 Å². The number of nitrogens with one attached hydrogen (secondary N) is 2. The second-order valence-electron chi connectivity index (χ2n) is 5.50. The lowest BCUT2D eigenvalue weighted by molar-refractivity contribution is -0.136. The van der Waals surface area contributed by atoms with Crippen LogP contribution in [0.2, 0.25) is 0 Å². The van der Waals surface area contributed by atoms with E-state index in [9.17, 15) is 22.8 Å². The molecule has 0 aliphatic heterocycles. The molecule has 0 saturated carbocycles. The predicted molar refractivity (Wildman–Crippen MR) is 100 cm³/mol. The van der Waals surface area contributed by atoms with Gasteiger partial charge in [0.05, 0.1) is 4.90 Å². The van der Waals surface area contributed by atoms with Crippen molar-refractivity contribution in [3.05, 3.63) is 65.7 Å². The highest BCUT2D eigenvalue weighted by atomic mass is 32.2. The van der Waals surface area contributed by atoms with E-state index in [2.05, 4.69) is 10.0 Å². The Labute approximate surface area is 160 Å². The topological polar surface area (TPSA) is 150 Å². The second kappa shape index (κ2) is 8.82. The first-order valence-electron chi connectivity index (χ1n) is 7.81. The fourth-order valence-electron chi connectivity index (χ4n) is 2.09. The molecule has 0 saturated heterocycles. The van der Waals surface area contributed by atoms with Crippen molar-refractivity contribution in [2.24, 2.45) is 0 Å². The van der Waals surface area contributed by atoms with Crippen LogP contribution in [-0.2, 0) is 19.6 Å². The standard InChI is InChI=1S/C18H16N2O7S/c21-16(22)10-3-12-1-8-15(9-2-12)28(26,27)20-14-6-4-13(5-7-14)18(25)19-11-17(23)24/h1-10,20H,11H2,(H,19,25)(H,21,22)(H,23,24)/b10-3+. The van der Waals surface area contributed by atoms with E-state index in [1.54, 1.807) is 0 Å². The number of benzene rings is 2. The van der Waals surface area contributed by atoms with Crippen molar-refractivity contribution in [1.29, 1.82) is 0 Å². The monoisotopic (exact) mass is 404 g/mol. The molecule has 2 rings (SSSR count). The zero-order valence-electron chi connectivity index (χ0n) is 14.3. The van der Waals surface area contributed by atoms with E-state index in [-0.39, 0.29) is 16.1 Å². The Morgan fingerprint density at radius 1 is 0.929 bits per heavy atom. The number of hydrogen-bond acceptors (Lipinski definition) is 5. The maximum absolute atomic E-state index is 12.4. The van der Waals surface area contributed by atoms with Gasteiger partial charge in [-0.3, -0.25) is 14.3 Å². The van der Waals surface area contributed by atoms with Gasteiger partial charge in [0, 0.05) is 17.3 Å². The summed E-state index contributed by atoms with van der Waals surface area (Å²) in [6.45, 7) is -0.523. The molecule has 9 nitrogen and oxygen atoms in total. The lowest BCUT2D eigenvalue weighted by Gasteiger charge is -2.09. The summed E-state index contributed by atoms with van der Waals surface area (Å²) in [5, 5.41) is 19.3. The third-order valence-electron chi connectivity index (χ3n) is 3.41. The summed E-state index contributed by atoms with van der Waals surface area (Å²) < 4.78 is 27.2. The molecule has 28 heavy (non-hydrogen) atoms. The Morgan fingerprint density at radius 2 is 1.54 bits per heavy atom. The molecule has 0 aliphatic carbocycles. The highest BCUT2D eigenvalue weighted by molar-refractivity contribution is 7.92. The molecule has 0 bridgehead atoms. The van der Waals surface area contributed by atoms with Crippen LogP contribution in [0.1, 0.15) is 15.9 Å². The molecule has 0 fully saturated rings. The first kappa shape index (κ1) is 20.6. The van der Waals surface area contributed by atoms with E-state index < -0.39 is 34.4 Å². The van der Waals surface area contributed by atoms with Gasteiger partial charge in [0.25, 0.3) is 15.9 Å². The molecule has 0 heterocycles. The van der Waals surface area contributed by atoms with Gasteiger partial charge in [-0.2, -0.15) is 0 Å². The van der Waals surface area contributed by atoms with Crippen LogP contribution >= 0.6 is 0 Å². The summed E-state index contributed by atoms with van der Waals surface area (Å²) in [5.74, 6) is -2.89. The van der Waals surface area contributed by atoms with E-state index >= 15 is 0 Å². The first-order valence-corrected chi connectivity index (χ1v) is 9.29. The van der Waals surface area contributed by atoms with Crippen molar-refractivity contribution in [3.8, 4) is 0 Å². The second-order valence-corrected chi connectivity index (χ2v) is 7.18. The van der Waals surface area contributed by atoms with E-state index in [4.69, 9.17) is 10.2 Å². The van der Waals surface area contributed by atoms with Crippen LogP contribution in [0.25, 0.3) is 6.08 Å². The van der Waals surface area contributed by atoms with Gasteiger partial charge in [-0.05, 0) is 48.0 Å². The SMILES string of the molecule is O=C(O)/C=C/c1ccc(S(=O)(=O)Nc2ccc(C(=O)NCC(=O)O)cc2)cc1. The molecule has 0 aromatic heterocycles. The van der Waals surface area contributed by atoms with E-state index in [1.807, 2.05) is 0 Å². The van der Waals surface area contributed by atoms with Crippen LogP contribution in [-0.4, -0.2) is 43.0 Å². The molecule has 0 atom stereocenters. The van der Waals surface area contributed by atoms with Gasteiger partial charge in [0.2, 0.25) is 0 Å². The fraction of sp³-hybridized carbons (Fsp3) is 0.0556. The molecule has 2 aromatic carbocycles. The molecule has 0 aliphatic rings. The van der Waals surface area contributed by atoms with Crippen molar-refractivity contribution in [1.82, 2.24) is 5.32 Å². The molecular weight excluding hydrogens is 388 g/mol. The van der Waals surface area contributed by atoms with Crippen LogP contribution in [0.4, 0.5) is 5.69 Å². The van der Waals surface area contributed by atoms with Gasteiger partial charge in [0.15, 0.2) is 0 Å². The number of hydrogen-bond donors (Lipinski definition) is 4. The van der Waals surface area contributed by atoms with E-state index in [0.717, 1.165) is 6.08 Å². The third kappa shape index (κ3) is 5.95. The van der Waals surface area contributed by atoms with Crippen molar-refractivity contribution >= 4 is 39.6 Å². The normalized spacial score (nSPS) is 11.1. The average molecular weight is 404 g/mol. The smallest absolute Gasteiger partial charge is 0.328 e. The Bertz CT molecular complexity index is 1010. The summed E-state index contributed by atoms with van der Waals surface area (Å²) >= 11 is 0. The number of anilines is 1. The summed E-state index contributed by atoms with van der Waals surface area (Å²) in [5.41, 5.74) is 0.918. The predicted octanol–water partition coefficient (Wildman–Crippen LogP) is 1.40. The molecule has 0 radical (unpaired) electrons. The van der Waals surface area contributed by atoms with Crippen LogP contribution in [0.5, 0.6) is 0 Å². The lowest BCUT2D eigenvalue weighted by Crippen LogP contribution is -2.29. The van der Waals surface area contributed by atoms with Crippen LogP contribution < -0.4 is 10.0 Å². The Kier molecular flexibility index (Phi) is 6.51. The molecule has 10 heteroatoms. The van der Waals surface area contributed by atoms with Gasteiger partial charge in [-0.25, -0.2) is 13.2 Å². The minimum Gasteiger partial charge on any atom is -0.480 e. The maximum atomic E-state index is 12.4. The minimum atomic E-state index is -3.88. The molecule has 0 unspecified atom stereocenters. The summed E-state index contributed by atoms with van der Waals surface area (Å²) in [6, 6.07) is 11.0. The first-order chi connectivity index (χ1) is 13.2. The van der Waals surface area contributed by atoms with Crippen molar-refractivity contribution < 1.29 is 33.0 Å². The van der Waals surface area contributed by atoms with Crippen molar-refractivity contribution in [2.75, 3.05) is 11.3 Å². The Morgan fingerprint density at radius 3 is 2.07 bits per heavy atom. The van der Waals surface area contributed by atoms with E-state index in [1.165, 1.54) is 54.6 Å². The summed E-state index contributed by atoms with van der Waals surface area (Å²) in [7, 11) is -3.88. The Hall–Kier alpha value is -3.66. The largest absolute Gasteiger partial charge is 0.480 e. The molecule has 0 spiro atoms. The van der Waals surface area contributed by atoms with Crippen LogP contribution in [0.3, 0.4) is 0 Å². The highest BCUT2D eigenvalue weighted by Crippen LogP contribution is 2.18. The number of rotatable bonds is 8. The number of carbonyl (C=O) groups is 3. The van der Waals surface area contributed by atoms with Gasteiger partial charge in [-0.15, -0.1) is 0 Å². The lowest BCUT2D eigenvalue weighted by atomic mass is 10.2. The fourth-order valence-corrected chi connectivity index (χ4v) is 3.15. The summed E-state index contributed by atoms with van der Waals surface area (Å²) in [4.78, 5) is 32.7. The zero-order chi connectivity index (χ0) is 20.7. The van der Waals surface area contributed by atoms with Gasteiger partial charge in [-0.1, -0.05) is 12.1 Å². The number of carboxylic acids is 2. The summed E-state index contributed by atoms with van der Waals surface area (Å²) in [6.07, 6.45) is 2.27. The van der Waals surface area contributed by atoms with E-state index in [0.29, 0.717) is 5.56 Å². The molecular formula is C18H16N2O7S. The van der Waals surface area contributed by atoms with Gasteiger partial charge >= 0.3 is 11.9 Å². The molecule has 2 aromatic rings. The van der Waals surface area contributed by atoms with Crippen molar-refractivity contribution in [2.45, 2.75) is 4.90 Å². The minimum absolute atomic E-state index is 0.0248. The number of sulfonamides is 1. The zero-order valence-corrected chi connectivity index (χ0v) is 15.1. The quantitative estimate of drug-likeness (QED) is 0.486. The molecule has 4 N–H and O–H groups in total. The van der Waals surface area contributed by atoms with Crippen molar-refractivity contribution in [3.63, 3.8) is 0 Å². The number of carboxylic acid groups (broad SMARTS) is 2. The molecule has 146 valence electrons. The Balaban J connectivity index is 2.08. The third-order valence-corrected chi connectivity index (χ3v) is 4.81.